The van der Waals surface area contributed by atoms with E-state index in [0.29, 0.717) is 0 Å². The Balaban J connectivity index is 1.28. The van der Waals surface area contributed by atoms with Gasteiger partial charge in [0.05, 0.1) is 0 Å². The molecular formula is C34H54N2. The van der Waals surface area contributed by atoms with Crippen molar-refractivity contribution in [3.05, 3.63) is 47.8 Å². The third-order valence-electron chi connectivity index (χ3n) is 8.50. The summed E-state index contributed by atoms with van der Waals surface area (Å²) >= 11 is 0. The van der Waals surface area contributed by atoms with Gasteiger partial charge in [-0.3, -0.25) is 0 Å². The van der Waals surface area contributed by atoms with Crippen LogP contribution in [0.5, 0.6) is 0 Å². The summed E-state index contributed by atoms with van der Waals surface area (Å²) < 4.78 is 0. The van der Waals surface area contributed by atoms with E-state index in [0.717, 1.165) is 29.6 Å². The van der Waals surface area contributed by atoms with Gasteiger partial charge in [-0.1, -0.05) is 141 Å². The van der Waals surface area contributed by atoms with Gasteiger partial charge in [-0.2, -0.15) is 0 Å². The van der Waals surface area contributed by atoms with Gasteiger partial charge in [0.1, 0.15) is 0 Å². The molecule has 0 aliphatic heterocycles. The van der Waals surface area contributed by atoms with Gasteiger partial charge in [0.2, 0.25) is 0 Å². The molecule has 200 valence electrons. The zero-order chi connectivity index (χ0) is 25.3. The van der Waals surface area contributed by atoms with Crippen molar-refractivity contribution in [2.45, 2.75) is 142 Å². The average Bonchev–Trinajstić information content (AvgIpc) is 2.92. The van der Waals surface area contributed by atoms with Crippen molar-refractivity contribution in [3.63, 3.8) is 0 Å². The van der Waals surface area contributed by atoms with Gasteiger partial charge in [0.15, 0.2) is 5.82 Å². The Kier molecular flexibility index (Phi) is 14.2. The van der Waals surface area contributed by atoms with Crippen molar-refractivity contribution in [3.8, 4) is 11.4 Å². The first-order valence-electron chi connectivity index (χ1n) is 15.7. The number of hydrogen-bond acceptors (Lipinski definition) is 2. The molecule has 0 amide bonds. The normalized spacial score (nSPS) is 17.9. The minimum atomic E-state index is 0.857. The van der Waals surface area contributed by atoms with Crippen LogP contribution >= 0.6 is 0 Å². The minimum Gasteiger partial charge on any atom is -0.236 e. The van der Waals surface area contributed by atoms with Gasteiger partial charge < -0.3 is 0 Å². The van der Waals surface area contributed by atoms with E-state index >= 15 is 0 Å². The second kappa shape index (κ2) is 17.7. The molecular weight excluding hydrogens is 436 g/mol. The fourth-order valence-electron chi connectivity index (χ4n) is 5.99. The molecule has 1 aliphatic carbocycles. The highest BCUT2D eigenvalue weighted by molar-refractivity contribution is 5.55. The largest absolute Gasteiger partial charge is 0.236 e. The summed E-state index contributed by atoms with van der Waals surface area (Å²) in [6.07, 6.45) is 31.7. The van der Waals surface area contributed by atoms with Crippen LogP contribution < -0.4 is 0 Å². The van der Waals surface area contributed by atoms with E-state index < -0.39 is 0 Å². The topological polar surface area (TPSA) is 25.8 Å². The lowest BCUT2D eigenvalue weighted by atomic mass is 9.78. The Morgan fingerprint density at radius 1 is 0.556 bits per heavy atom. The molecule has 0 spiro atoms. The zero-order valence-electron chi connectivity index (χ0n) is 23.7. The highest BCUT2D eigenvalue weighted by Gasteiger charge is 2.20. The van der Waals surface area contributed by atoms with Gasteiger partial charge >= 0.3 is 0 Å². The number of rotatable bonds is 18. The number of nitrogens with zero attached hydrogens (tertiary/aromatic N) is 2. The summed E-state index contributed by atoms with van der Waals surface area (Å²) in [5.74, 6) is 2.90. The zero-order valence-corrected chi connectivity index (χ0v) is 23.7. The van der Waals surface area contributed by atoms with Crippen molar-refractivity contribution in [2.75, 3.05) is 0 Å². The molecule has 0 atom stereocenters. The van der Waals surface area contributed by atoms with Crippen LogP contribution in [0.3, 0.4) is 0 Å². The summed E-state index contributed by atoms with van der Waals surface area (Å²) in [5.41, 5.74) is 3.86. The van der Waals surface area contributed by atoms with Crippen molar-refractivity contribution in [2.24, 2.45) is 11.8 Å². The van der Waals surface area contributed by atoms with E-state index in [4.69, 9.17) is 0 Å². The number of aryl methyl sites for hydroxylation is 2. The SMILES string of the molecule is CCCCCCCCCc1cnc(-c2ccc(CCCCC3CCC(CCCCC)CC3)cc2)nc1. The van der Waals surface area contributed by atoms with Crippen LogP contribution in [-0.2, 0) is 12.8 Å². The predicted octanol–water partition coefficient (Wildman–Crippen LogP) is 10.5. The summed E-state index contributed by atoms with van der Waals surface area (Å²) in [5, 5.41) is 0. The second-order valence-electron chi connectivity index (χ2n) is 11.6. The third-order valence-corrected chi connectivity index (χ3v) is 8.50. The maximum atomic E-state index is 4.66. The van der Waals surface area contributed by atoms with Crippen LogP contribution in [0.1, 0.15) is 141 Å². The first kappa shape index (κ1) is 28.9. The molecule has 2 heteroatoms. The van der Waals surface area contributed by atoms with Crippen LogP contribution in [0.15, 0.2) is 36.7 Å². The Labute approximate surface area is 223 Å². The lowest BCUT2D eigenvalue weighted by Crippen LogP contribution is -2.14. The van der Waals surface area contributed by atoms with E-state index in [1.54, 1.807) is 0 Å². The predicted molar refractivity (Wildman–Crippen MR) is 156 cm³/mol. The highest BCUT2D eigenvalue weighted by Crippen LogP contribution is 2.34. The van der Waals surface area contributed by atoms with E-state index in [9.17, 15) is 0 Å². The first-order chi connectivity index (χ1) is 17.8. The molecule has 2 aromatic rings. The number of unbranched alkanes of at least 4 members (excludes halogenated alkanes) is 9. The first-order valence-corrected chi connectivity index (χ1v) is 15.7. The molecule has 1 aromatic carbocycles. The van der Waals surface area contributed by atoms with Crippen molar-refractivity contribution < 1.29 is 0 Å². The number of hydrogen-bond donors (Lipinski definition) is 0. The fourth-order valence-corrected chi connectivity index (χ4v) is 5.99. The maximum Gasteiger partial charge on any atom is 0.159 e. The molecule has 2 nitrogen and oxygen atoms in total. The number of benzene rings is 1. The summed E-state index contributed by atoms with van der Waals surface area (Å²) in [7, 11) is 0. The third kappa shape index (κ3) is 11.1. The van der Waals surface area contributed by atoms with Gasteiger partial charge in [-0.25, -0.2) is 9.97 Å². The molecule has 1 aromatic heterocycles. The van der Waals surface area contributed by atoms with Crippen molar-refractivity contribution in [1.82, 2.24) is 9.97 Å². The number of aromatic nitrogens is 2. The van der Waals surface area contributed by atoms with Crippen LogP contribution in [-0.4, -0.2) is 9.97 Å². The molecule has 1 aliphatic rings. The van der Waals surface area contributed by atoms with Crippen LogP contribution in [0.2, 0.25) is 0 Å². The maximum absolute atomic E-state index is 4.66. The van der Waals surface area contributed by atoms with Crippen LogP contribution in [0.4, 0.5) is 0 Å². The Morgan fingerprint density at radius 3 is 1.64 bits per heavy atom. The summed E-state index contributed by atoms with van der Waals surface area (Å²) in [6.45, 7) is 4.59. The smallest absolute Gasteiger partial charge is 0.159 e. The molecule has 1 fully saturated rings. The van der Waals surface area contributed by atoms with E-state index in [1.807, 2.05) is 12.4 Å². The standard InChI is InChI=1S/C34H54N2/c1-3-5-7-8-9-10-12-18-32-27-35-34(36-28-32)33-25-23-31(24-26-33)17-14-13-16-30-21-19-29(20-22-30)15-11-6-4-2/h23-30H,3-22H2,1-2H3. The molecule has 0 bridgehead atoms. The van der Waals surface area contributed by atoms with Gasteiger partial charge in [-0.15, -0.1) is 0 Å². The lowest BCUT2D eigenvalue weighted by molar-refractivity contribution is 0.245. The van der Waals surface area contributed by atoms with Crippen molar-refractivity contribution >= 4 is 0 Å². The molecule has 36 heavy (non-hydrogen) atoms. The quantitative estimate of drug-likeness (QED) is 0.194. The molecule has 0 radical (unpaired) electrons. The minimum absolute atomic E-state index is 0.857. The Hall–Kier alpha value is -1.70. The Morgan fingerprint density at radius 2 is 1.03 bits per heavy atom. The molecule has 1 heterocycles. The molecule has 0 saturated heterocycles. The van der Waals surface area contributed by atoms with E-state index in [-0.39, 0.29) is 0 Å². The van der Waals surface area contributed by atoms with Gasteiger partial charge in [-0.05, 0) is 48.6 Å². The fraction of sp³-hybridized carbons (Fsp3) is 0.706. The summed E-state index contributed by atoms with van der Waals surface area (Å²) in [4.78, 5) is 9.32. The van der Waals surface area contributed by atoms with Gasteiger partial charge in [0.25, 0.3) is 0 Å². The van der Waals surface area contributed by atoms with E-state index in [2.05, 4.69) is 48.1 Å². The van der Waals surface area contributed by atoms with Crippen LogP contribution in [0.25, 0.3) is 11.4 Å². The van der Waals surface area contributed by atoms with Crippen molar-refractivity contribution in [1.29, 1.82) is 0 Å². The lowest BCUT2D eigenvalue weighted by Gasteiger charge is -2.28. The highest BCUT2D eigenvalue weighted by atomic mass is 14.9. The molecule has 1 saturated carbocycles. The van der Waals surface area contributed by atoms with Gasteiger partial charge in [0, 0.05) is 18.0 Å². The molecule has 0 unspecified atom stereocenters. The van der Waals surface area contributed by atoms with Crippen LogP contribution in [0, 0.1) is 11.8 Å². The summed E-state index contributed by atoms with van der Waals surface area (Å²) in [6, 6.07) is 8.99. The Bertz CT molecular complexity index is 787. The average molecular weight is 491 g/mol. The molecule has 0 N–H and O–H groups in total. The molecule has 3 rings (SSSR count). The monoisotopic (exact) mass is 490 g/mol. The van der Waals surface area contributed by atoms with E-state index in [1.165, 1.54) is 133 Å². The second-order valence-corrected chi connectivity index (χ2v) is 11.6.